The largest absolute Gasteiger partial charge is 0.422 e. The molecule has 0 bridgehead atoms. The highest BCUT2D eigenvalue weighted by atomic mass is 35.5. The normalized spacial score (nSPS) is 10.8. The van der Waals surface area contributed by atoms with Crippen molar-refractivity contribution in [2.24, 2.45) is 0 Å². The summed E-state index contributed by atoms with van der Waals surface area (Å²) in [6.07, 6.45) is 0.613. The van der Waals surface area contributed by atoms with E-state index in [9.17, 15) is 9.18 Å². The number of benzene rings is 1. The molecule has 0 saturated heterocycles. The van der Waals surface area contributed by atoms with Crippen LogP contribution >= 0.6 is 46.4 Å². The summed E-state index contributed by atoms with van der Waals surface area (Å²) >= 11 is 22.8. The van der Waals surface area contributed by atoms with Gasteiger partial charge in [0.25, 0.3) is 0 Å². The van der Waals surface area contributed by atoms with Crippen LogP contribution in [0.1, 0.15) is 0 Å². The van der Waals surface area contributed by atoms with Crippen LogP contribution in [0.25, 0.3) is 0 Å². The number of hydrogen-bond acceptors (Lipinski definition) is 2. The van der Waals surface area contributed by atoms with Crippen LogP contribution in [-0.4, -0.2) is 5.97 Å². The van der Waals surface area contributed by atoms with Crippen LogP contribution in [0.3, 0.4) is 0 Å². The summed E-state index contributed by atoms with van der Waals surface area (Å²) in [5.41, 5.74) is 0. The van der Waals surface area contributed by atoms with Crippen molar-refractivity contribution in [3.8, 4) is 5.75 Å². The van der Waals surface area contributed by atoms with Crippen LogP contribution in [0.4, 0.5) is 4.39 Å². The third-order valence-electron chi connectivity index (χ3n) is 1.48. The van der Waals surface area contributed by atoms with Gasteiger partial charge in [-0.1, -0.05) is 46.4 Å². The molecule has 1 rings (SSSR count). The van der Waals surface area contributed by atoms with Crippen molar-refractivity contribution in [3.63, 3.8) is 0 Å². The molecule has 0 fully saturated rings. The second kappa shape index (κ2) is 5.73. The van der Waals surface area contributed by atoms with E-state index in [1.807, 2.05) is 0 Å². The highest BCUT2D eigenvalue weighted by Gasteiger charge is 2.15. The molecule has 0 saturated carbocycles. The van der Waals surface area contributed by atoms with Crippen LogP contribution in [0.15, 0.2) is 18.5 Å². The highest BCUT2D eigenvalue weighted by molar-refractivity contribution is 6.52. The molecule has 0 unspecified atom stereocenters. The molecule has 0 aromatic heterocycles. The van der Waals surface area contributed by atoms with Gasteiger partial charge < -0.3 is 4.74 Å². The number of ether oxygens (including phenoxy) is 1. The summed E-state index contributed by atoms with van der Waals surface area (Å²) in [4.78, 5) is 10.9. The van der Waals surface area contributed by atoms with Crippen molar-refractivity contribution in [2.75, 3.05) is 0 Å². The third-order valence-corrected chi connectivity index (χ3v) is 3.21. The number of hydrogen-bond donors (Lipinski definition) is 0. The van der Waals surface area contributed by atoms with E-state index in [2.05, 4.69) is 4.74 Å². The molecular formula is C9H3Cl4FO2. The van der Waals surface area contributed by atoms with Crippen molar-refractivity contribution in [3.05, 3.63) is 38.6 Å². The molecule has 86 valence electrons. The average molecular weight is 304 g/mol. The summed E-state index contributed by atoms with van der Waals surface area (Å²) in [7, 11) is 0. The molecule has 0 aliphatic carbocycles. The van der Waals surface area contributed by atoms with E-state index in [0.717, 1.165) is 0 Å². The van der Waals surface area contributed by atoms with E-state index in [0.29, 0.717) is 6.08 Å². The number of esters is 1. The molecule has 0 heterocycles. The molecule has 7 heteroatoms. The molecule has 0 aliphatic rings. The lowest BCUT2D eigenvalue weighted by atomic mass is 10.3. The maximum absolute atomic E-state index is 11.7. The molecule has 0 amide bonds. The third kappa shape index (κ3) is 3.01. The molecule has 0 aliphatic heterocycles. The van der Waals surface area contributed by atoms with E-state index in [4.69, 9.17) is 46.4 Å². The van der Waals surface area contributed by atoms with Crippen molar-refractivity contribution in [1.29, 1.82) is 0 Å². The van der Waals surface area contributed by atoms with Crippen molar-refractivity contribution < 1.29 is 13.9 Å². The Morgan fingerprint density at radius 1 is 1.19 bits per heavy atom. The van der Waals surface area contributed by atoms with E-state index >= 15 is 0 Å². The van der Waals surface area contributed by atoms with Gasteiger partial charge in [0.05, 0.1) is 27.5 Å². The van der Waals surface area contributed by atoms with Gasteiger partial charge in [-0.15, -0.1) is 0 Å². The van der Waals surface area contributed by atoms with E-state index in [1.165, 1.54) is 6.07 Å². The zero-order chi connectivity index (χ0) is 12.3. The Kier molecular flexibility index (Phi) is 4.87. The minimum Gasteiger partial charge on any atom is -0.422 e. The molecule has 0 spiro atoms. The van der Waals surface area contributed by atoms with Gasteiger partial charge in [0.15, 0.2) is 5.75 Å². The average Bonchev–Trinajstić information content (AvgIpc) is 2.23. The summed E-state index contributed by atoms with van der Waals surface area (Å²) < 4.78 is 16.4. The Hall–Kier alpha value is -0.480. The predicted octanol–water partition coefficient (Wildman–Crippen LogP) is 4.69. The van der Waals surface area contributed by atoms with Crippen molar-refractivity contribution in [1.82, 2.24) is 0 Å². The van der Waals surface area contributed by atoms with E-state index in [-0.39, 0.29) is 32.2 Å². The minimum absolute atomic E-state index is 0.0371. The maximum Gasteiger partial charge on any atom is 0.338 e. The first kappa shape index (κ1) is 13.6. The zero-order valence-electron chi connectivity index (χ0n) is 7.44. The Labute approximate surface area is 110 Å². The Bertz CT molecular complexity index is 459. The quantitative estimate of drug-likeness (QED) is 0.260. The molecule has 0 radical (unpaired) electrons. The van der Waals surface area contributed by atoms with Gasteiger partial charge in [0.1, 0.15) is 5.02 Å². The number of rotatable bonds is 2. The summed E-state index contributed by atoms with van der Waals surface area (Å²) in [6, 6.07) is 1.21. The molecule has 0 atom stereocenters. The summed E-state index contributed by atoms with van der Waals surface area (Å²) in [5.74, 6) is -1.04. The Morgan fingerprint density at radius 3 is 2.38 bits per heavy atom. The fourth-order valence-corrected chi connectivity index (χ4v) is 1.64. The first-order valence-electron chi connectivity index (χ1n) is 3.79. The second-order valence-electron chi connectivity index (χ2n) is 2.51. The summed E-state index contributed by atoms with van der Waals surface area (Å²) in [5, 5.41) is 0.0109. The lowest BCUT2D eigenvalue weighted by Crippen LogP contribution is -2.04. The lowest BCUT2D eigenvalue weighted by Gasteiger charge is -2.07. The van der Waals surface area contributed by atoms with Gasteiger partial charge in [-0.05, 0) is 0 Å². The van der Waals surface area contributed by atoms with E-state index in [1.54, 1.807) is 0 Å². The van der Waals surface area contributed by atoms with Crippen molar-refractivity contribution >= 4 is 52.4 Å². The van der Waals surface area contributed by atoms with Crippen LogP contribution in [-0.2, 0) is 4.79 Å². The fourth-order valence-electron chi connectivity index (χ4n) is 0.819. The van der Waals surface area contributed by atoms with Crippen LogP contribution in [0.5, 0.6) is 5.75 Å². The van der Waals surface area contributed by atoms with Gasteiger partial charge in [0.2, 0.25) is 0 Å². The van der Waals surface area contributed by atoms with Crippen LogP contribution in [0.2, 0.25) is 20.1 Å². The van der Waals surface area contributed by atoms with Gasteiger partial charge in [-0.25, -0.2) is 9.18 Å². The summed E-state index contributed by atoms with van der Waals surface area (Å²) in [6.45, 7) is 0. The molecule has 1 aromatic carbocycles. The molecule has 0 N–H and O–H groups in total. The minimum atomic E-state index is -0.946. The number of carbonyl (C=O) groups excluding carboxylic acids is 1. The monoisotopic (exact) mass is 302 g/mol. The first-order valence-corrected chi connectivity index (χ1v) is 5.30. The standard InChI is InChI=1S/C9H3Cl4FO2/c10-4-3-5(16-6(15)1-2-14)8(12)9(13)7(4)11/h1-3H. The van der Waals surface area contributed by atoms with Crippen molar-refractivity contribution in [2.45, 2.75) is 0 Å². The van der Waals surface area contributed by atoms with Gasteiger partial charge in [-0.3, -0.25) is 0 Å². The smallest absolute Gasteiger partial charge is 0.338 e. The molecule has 16 heavy (non-hydrogen) atoms. The number of carbonyl (C=O) groups is 1. The maximum atomic E-state index is 11.7. The number of halogens is 5. The SMILES string of the molecule is O=C(C=CF)Oc1cc(Cl)c(Cl)c(Cl)c1Cl. The zero-order valence-corrected chi connectivity index (χ0v) is 10.5. The lowest BCUT2D eigenvalue weighted by molar-refractivity contribution is -0.129. The molecule has 2 nitrogen and oxygen atoms in total. The Balaban J connectivity index is 3.11. The topological polar surface area (TPSA) is 26.3 Å². The van der Waals surface area contributed by atoms with Gasteiger partial charge in [0, 0.05) is 6.07 Å². The molecular weight excluding hydrogens is 301 g/mol. The van der Waals surface area contributed by atoms with Gasteiger partial charge >= 0.3 is 5.97 Å². The second-order valence-corrected chi connectivity index (χ2v) is 4.05. The fraction of sp³-hybridized carbons (Fsp3) is 0. The van der Waals surface area contributed by atoms with Gasteiger partial charge in [-0.2, -0.15) is 0 Å². The van der Waals surface area contributed by atoms with Crippen LogP contribution in [0, 0.1) is 0 Å². The van der Waals surface area contributed by atoms with Crippen LogP contribution < -0.4 is 4.74 Å². The predicted molar refractivity (Wildman–Crippen MR) is 62.4 cm³/mol. The highest BCUT2D eigenvalue weighted by Crippen LogP contribution is 2.41. The Morgan fingerprint density at radius 2 is 1.81 bits per heavy atom. The molecule has 1 aromatic rings. The first-order chi connectivity index (χ1) is 7.47. The van der Waals surface area contributed by atoms with E-state index < -0.39 is 5.97 Å².